The Bertz CT molecular complexity index is 2190. The lowest BCUT2D eigenvalue weighted by Gasteiger charge is -2.16. The third kappa shape index (κ3) is 11.9. The van der Waals surface area contributed by atoms with Crippen molar-refractivity contribution in [3.05, 3.63) is 215 Å². The van der Waals surface area contributed by atoms with Crippen LogP contribution in [-0.4, -0.2) is 0 Å². The van der Waals surface area contributed by atoms with Crippen LogP contribution in [0, 0.1) is 0 Å². The standard InChI is InChI=1S/C49H43BrO6/c50-30-41-21-44(51-31-37-13-5-1-6-14-37)27-45(22-41)55-35-43-25-48(54-34-40-19-11-4-12-20-40)29-49(26-43)56-36-42-23-46(52-32-38-15-7-2-8-16-38)28-47(24-42)53-33-39-17-9-3-10-18-39/h1-29H,30-36H2. The Morgan fingerprint density at radius 1 is 0.250 bits per heavy atom. The van der Waals surface area contributed by atoms with Gasteiger partial charge < -0.3 is 28.4 Å². The number of hydrogen-bond acceptors (Lipinski definition) is 6. The smallest absolute Gasteiger partial charge is 0.123 e. The molecular formula is C49H43BrO6. The van der Waals surface area contributed by atoms with E-state index >= 15 is 0 Å². The summed E-state index contributed by atoms with van der Waals surface area (Å²) in [6.45, 7) is 2.34. The van der Waals surface area contributed by atoms with Crippen LogP contribution in [-0.2, 0) is 45.0 Å². The summed E-state index contributed by atoms with van der Waals surface area (Å²) < 4.78 is 37.8. The van der Waals surface area contributed by atoms with E-state index in [1.165, 1.54) is 0 Å². The molecule has 0 saturated heterocycles. The van der Waals surface area contributed by atoms with Gasteiger partial charge >= 0.3 is 0 Å². The van der Waals surface area contributed by atoms with Gasteiger partial charge in [0.15, 0.2) is 0 Å². The largest absolute Gasteiger partial charge is 0.489 e. The Morgan fingerprint density at radius 3 is 0.696 bits per heavy atom. The highest BCUT2D eigenvalue weighted by atomic mass is 79.9. The van der Waals surface area contributed by atoms with Crippen LogP contribution in [0.3, 0.4) is 0 Å². The lowest BCUT2D eigenvalue weighted by molar-refractivity contribution is 0.274. The SMILES string of the molecule is BrCc1cc(OCc2ccccc2)cc(OCc2cc(OCc3ccccc3)cc(OCc3cc(OCc4ccccc4)cc(OCc4ccccc4)c3)c2)c1. The molecule has 0 aliphatic carbocycles. The van der Waals surface area contributed by atoms with Crippen LogP contribution < -0.4 is 28.4 Å². The molecule has 0 heterocycles. The van der Waals surface area contributed by atoms with Crippen molar-refractivity contribution in [2.45, 2.75) is 45.0 Å². The molecule has 56 heavy (non-hydrogen) atoms. The summed E-state index contributed by atoms with van der Waals surface area (Å²) in [5.74, 6) is 4.18. The highest BCUT2D eigenvalue weighted by molar-refractivity contribution is 9.08. The van der Waals surface area contributed by atoms with Crippen LogP contribution in [0.25, 0.3) is 0 Å². The maximum absolute atomic E-state index is 6.47. The number of hydrogen-bond donors (Lipinski definition) is 0. The number of ether oxygens (including phenoxy) is 6. The van der Waals surface area contributed by atoms with Gasteiger partial charge in [0.2, 0.25) is 0 Å². The first kappa shape index (κ1) is 38.1. The molecule has 7 rings (SSSR count). The van der Waals surface area contributed by atoms with Crippen molar-refractivity contribution in [2.24, 2.45) is 0 Å². The van der Waals surface area contributed by atoms with Crippen molar-refractivity contribution in [3.8, 4) is 34.5 Å². The molecule has 0 radical (unpaired) electrons. The van der Waals surface area contributed by atoms with E-state index in [0.717, 1.165) is 44.7 Å². The van der Waals surface area contributed by atoms with E-state index in [4.69, 9.17) is 28.4 Å². The molecule has 7 heteroatoms. The molecule has 0 fully saturated rings. The first-order chi connectivity index (χ1) is 27.6. The van der Waals surface area contributed by atoms with E-state index in [1.807, 2.05) is 176 Å². The third-order valence-corrected chi connectivity index (χ3v) is 9.43. The van der Waals surface area contributed by atoms with Crippen LogP contribution in [0.5, 0.6) is 34.5 Å². The Kier molecular flexibility index (Phi) is 13.6. The van der Waals surface area contributed by atoms with Crippen LogP contribution in [0.15, 0.2) is 176 Å². The van der Waals surface area contributed by atoms with Gasteiger partial charge in [0.05, 0.1) is 0 Å². The van der Waals surface area contributed by atoms with Crippen molar-refractivity contribution in [3.63, 3.8) is 0 Å². The Morgan fingerprint density at radius 2 is 0.464 bits per heavy atom. The fraction of sp³-hybridized carbons (Fsp3) is 0.143. The minimum absolute atomic E-state index is 0.280. The number of alkyl halides is 1. The molecule has 6 nitrogen and oxygen atoms in total. The van der Waals surface area contributed by atoms with Gasteiger partial charge in [-0.15, -0.1) is 0 Å². The predicted octanol–water partition coefficient (Wildman–Crippen LogP) is 12.1. The monoisotopic (exact) mass is 806 g/mol. The van der Waals surface area contributed by atoms with E-state index in [-0.39, 0.29) is 6.61 Å². The second kappa shape index (κ2) is 19.9. The summed E-state index contributed by atoms with van der Waals surface area (Å²) in [6.07, 6.45) is 0. The molecule has 0 spiro atoms. The zero-order chi connectivity index (χ0) is 38.2. The molecule has 0 unspecified atom stereocenters. The van der Waals surface area contributed by atoms with Gasteiger partial charge in [-0.25, -0.2) is 0 Å². The van der Waals surface area contributed by atoms with Gasteiger partial charge in [0.1, 0.15) is 74.1 Å². The van der Waals surface area contributed by atoms with Crippen molar-refractivity contribution in [1.82, 2.24) is 0 Å². The lowest BCUT2D eigenvalue weighted by Crippen LogP contribution is -2.03. The van der Waals surface area contributed by atoms with Crippen LogP contribution in [0.1, 0.15) is 38.9 Å². The molecular weight excluding hydrogens is 764 g/mol. The number of halogens is 1. The average molecular weight is 808 g/mol. The second-order valence-electron chi connectivity index (χ2n) is 13.2. The van der Waals surface area contributed by atoms with Crippen molar-refractivity contribution >= 4 is 15.9 Å². The zero-order valence-corrected chi connectivity index (χ0v) is 32.6. The van der Waals surface area contributed by atoms with Gasteiger partial charge in [-0.3, -0.25) is 0 Å². The van der Waals surface area contributed by atoms with Crippen molar-refractivity contribution in [2.75, 3.05) is 0 Å². The number of rotatable bonds is 19. The molecule has 0 saturated carbocycles. The van der Waals surface area contributed by atoms with Crippen LogP contribution >= 0.6 is 15.9 Å². The third-order valence-electron chi connectivity index (χ3n) is 8.78. The van der Waals surface area contributed by atoms with Gasteiger partial charge in [-0.1, -0.05) is 137 Å². The summed E-state index contributed by atoms with van der Waals surface area (Å²) >= 11 is 3.60. The van der Waals surface area contributed by atoms with Crippen molar-refractivity contribution in [1.29, 1.82) is 0 Å². The quantitative estimate of drug-likeness (QED) is 0.0759. The Labute approximate surface area is 337 Å². The molecule has 0 aliphatic heterocycles. The highest BCUT2D eigenvalue weighted by Gasteiger charge is 2.11. The van der Waals surface area contributed by atoms with Gasteiger partial charge in [-0.2, -0.15) is 0 Å². The number of benzene rings is 7. The molecule has 282 valence electrons. The molecule has 0 aromatic heterocycles. The lowest BCUT2D eigenvalue weighted by atomic mass is 10.2. The highest BCUT2D eigenvalue weighted by Crippen LogP contribution is 2.30. The second-order valence-corrected chi connectivity index (χ2v) is 13.8. The maximum atomic E-state index is 6.47. The Balaban J connectivity index is 1.08. The van der Waals surface area contributed by atoms with Crippen LogP contribution in [0.2, 0.25) is 0 Å². The maximum Gasteiger partial charge on any atom is 0.123 e. The molecule has 7 aromatic carbocycles. The van der Waals surface area contributed by atoms with E-state index in [9.17, 15) is 0 Å². The zero-order valence-electron chi connectivity index (χ0n) is 31.0. The van der Waals surface area contributed by atoms with Crippen LogP contribution in [0.4, 0.5) is 0 Å². The topological polar surface area (TPSA) is 55.4 Å². The van der Waals surface area contributed by atoms with Gasteiger partial charge in [0, 0.05) is 23.5 Å². The molecule has 0 aliphatic rings. The fourth-order valence-corrected chi connectivity index (χ4v) is 6.26. The summed E-state index contributed by atoms with van der Waals surface area (Å²) in [5.41, 5.74) is 7.19. The van der Waals surface area contributed by atoms with E-state index in [0.29, 0.717) is 67.1 Å². The molecule has 0 N–H and O–H groups in total. The minimum Gasteiger partial charge on any atom is -0.489 e. The van der Waals surface area contributed by atoms with E-state index in [2.05, 4.69) is 15.9 Å². The predicted molar refractivity (Wildman–Crippen MR) is 224 cm³/mol. The van der Waals surface area contributed by atoms with Crippen molar-refractivity contribution < 1.29 is 28.4 Å². The normalized spacial score (nSPS) is 10.7. The Hall–Kier alpha value is -6.18. The summed E-state index contributed by atoms with van der Waals surface area (Å²) in [6, 6.07) is 58.2. The van der Waals surface area contributed by atoms with Gasteiger partial charge in [-0.05, 0) is 75.3 Å². The summed E-state index contributed by atoms with van der Waals surface area (Å²) in [4.78, 5) is 0. The van der Waals surface area contributed by atoms with E-state index < -0.39 is 0 Å². The van der Waals surface area contributed by atoms with Gasteiger partial charge in [0.25, 0.3) is 0 Å². The fourth-order valence-electron chi connectivity index (χ4n) is 5.93. The average Bonchev–Trinajstić information content (AvgIpc) is 3.26. The first-order valence-electron chi connectivity index (χ1n) is 18.5. The molecule has 0 atom stereocenters. The van der Waals surface area contributed by atoms with E-state index in [1.54, 1.807) is 0 Å². The molecule has 0 amide bonds. The summed E-state index contributed by atoms with van der Waals surface area (Å²) in [5, 5.41) is 0.671. The minimum atomic E-state index is 0.280. The molecule has 7 aromatic rings. The first-order valence-corrected chi connectivity index (χ1v) is 19.7. The molecule has 0 bridgehead atoms. The summed E-state index contributed by atoms with van der Waals surface area (Å²) in [7, 11) is 0.